The zero-order valence-corrected chi connectivity index (χ0v) is 15.8. The summed E-state index contributed by atoms with van der Waals surface area (Å²) in [4.78, 5) is 29.3. The summed E-state index contributed by atoms with van der Waals surface area (Å²) in [6.07, 6.45) is 1.51. The van der Waals surface area contributed by atoms with Gasteiger partial charge in [0.15, 0.2) is 0 Å². The van der Waals surface area contributed by atoms with Crippen molar-refractivity contribution < 1.29 is 9.53 Å². The summed E-state index contributed by atoms with van der Waals surface area (Å²) in [7, 11) is 0. The molecule has 1 heterocycles. The van der Waals surface area contributed by atoms with Gasteiger partial charge in [-0.15, -0.1) is 0 Å². The van der Waals surface area contributed by atoms with Gasteiger partial charge < -0.3 is 10.1 Å². The van der Waals surface area contributed by atoms with Crippen LogP contribution in [0.2, 0.25) is 0 Å². The number of rotatable bonds is 6. The van der Waals surface area contributed by atoms with Crippen LogP contribution in [0.3, 0.4) is 0 Å². The van der Waals surface area contributed by atoms with Gasteiger partial charge in [-0.05, 0) is 37.6 Å². The van der Waals surface area contributed by atoms with Gasteiger partial charge in [0.2, 0.25) is 0 Å². The minimum Gasteiger partial charge on any atom is -0.493 e. The number of fused-ring (bicyclic) bond motifs is 1. The van der Waals surface area contributed by atoms with Crippen molar-refractivity contribution in [2.45, 2.75) is 27.3 Å². The first kappa shape index (κ1) is 18.6. The molecule has 0 aliphatic carbocycles. The second kappa shape index (κ2) is 8.03. The molecule has 0 atom stereocenters. The molecule has 3 aromatic rings. The van der Waals surface area contributed by atoms with Crippen LogP contribution in [-0.4, -0.2) is 28.6 Å². The number of nitrogens with zero attached hydrogens (tertiary/aromatic N) is 2. The predicted molar refractivity (Wildman–Crippen MR) is 105 cm³/mol. The van der Waals surface area contributed by atoms with Crippen molar-refractivity contribution in [2.75, 3.05) is 13.2 Å². The Morgan fingerprint density at radius 1 is 1.19 bits per heavy atom. The van der Waals surface area contributed by atoms with E-state index in [1.54, 1.807) is 13.8 Å². The first-order valence-corrected chi connectivity index (χ1v) is 8.98. The van der Waals surface area contributed by atoms with Crippen LogP contribution in [0.1, 0.15) is 28.5 Å². The first-order chi connectivity index (χ1) is 13.0. The predicted octanol–water partition coefficient (Wildman–Crippen LogP) is 2.84. The van der Waals surface area contributed by atoms with E-state index in [9.17, 15) is 9.59 Å². The number of carbonyl (C=O) groups is 1. The molecule has 0 unspecified atom stereocenters. The summed E-state index contributed by atoms with van der Waals surface area (Å²) in [6.45, 7) is 6.59. The van der Waals surface area contributed by atoms with E-state index >= 15 is 0 Å². The van der Waals surface area contributed by atoms with Gasteiger partial charge in [-0.3, -0.25) is 14.2 Å². The lowest BCUT2D eigenvalue weighted by molar-refractivity contribution is 0.0950. The largest absolute Gasteiger partial charge is 0.493 e. The van der Waals surface area contributed by atoms with Crippen LogP contribution in [0.5, 0.6) is 5.75 Å². The monoisotopic (exact) mass is 365 g/mol. The Morgan fingerprint density at radius 2 is 1.96 bits per heavy atom. The smallest absolute Gasteiger partial charge is 0.256 e. The second-order valence-corrected chi connectivity index (χ2v) is 6.30. The highest BCUT2D eigenvalue weighted by Crippen LogP contribution is 2.28. The number of carbonyl (C=O) groups excluding carboxylic acids is 1. The van der Waals surface area contributed by atoms with Crippen molar-refractivity contribution in [3.05, 3.63) is 69.9 Å². The molecule has 0 radical (unpaired) electrons. The summed E-state index contributed by atoms with van der Waals surface area (Å²) in [5.41, 5.74) is 1.77. The van der Waals surface area contributed by atoms with Crippen molar-refractivity contribution >= 4 is 16.7 Å². The third-order valence-corrected chi connectivity index (χ3v) is 4.57. The molecule has 1 aromatic heterocycles. The van der Waals surface area contributed by atoms with E-state index in [1.165, 1.54) is 10.9 Å². The third-order valence-electron chi connectivity index (χ3n) is 4.57. The quantitative estimate of drug-likeness (QED) is 0.729. The first-order valence-electron chi connectivity index (χ1n) is 8.98. The number of amides is 1. The summed E-state index contributed by atoms with van der Waals surface area (Å²) >= 11 is 0. The highest BCUT2D eigenvalue weighted by Gasteiger charge is 2.16. The Labute approximate surface area is 157 Å². The van der Waals surface area contributed by atoms with Crippen LogP contribution in [-0.2, 0) is 6.54 Å². The molecule has 1 N–H and O–H groups in total. The lowest BCUT2D eigenvalue weighted by Gasteiger charge is -2.14. The average molecular weight is 365 g/mol. The van der Waals surface area contributed by atoms with Gasteiger partial charge in [-0.1, -0.05) is 30.3 Å². The molecule has 0 saturated heterocycles. The minimum atomic E-state index is -0.222. The molecule has 0 spiro atoms. The van der Waals surface area contributed by atoms with Gasteiger partial charge in [-0.25, -0.2) is 4.98 Å². The number of aryl methyl sites for hydroxylation is 1. The lowest BCUT2D eigenvalue weighted by atomic mass is 10.0. The summed E-state index contributed by atoms with van der Waals surface area (Å²) in [6, 6.07) is 11.5. The number of hydrogen-bond acceptors (Lipinski definition) is 4. The fourth-order valence-electron chi connectivity index (χ4n) is 2.97. The topological polar surface area (TPSA) is 73.2 Å². The van der Waals surface area contributed by atoms with Crippen molar-refractivity contribution in [3.8, 4) is 5.75 Å². The van der Waals surface area contributed by atoms with Gasteiger partial charge in [0.25, 0.3) is 11.5 Å². The maximum absolute atomic E-state index is 12.9. The molecule has 0 saturated carbocycles. The highest BCUT2D eigenvalue weighted by atomic mass is 16.5. The third kappa shape index (κ3) is 3.84. The van der Waals surface area contributed by atoms with E-state index in [0.717, 1.165) is 16.5 Å². The number of nitrogens with one attached hydrogen (secondary N) is 1. The molecule has 0 bridgehead atoms. The van der Waals surface area contributed by atoms with E-state index in [2.05, 4.69) is 10.3 Å². The summed E-state index contributed by atoms with van der Waals surface area (Å²) in [5, 5.41) is 4.70. The van der Waals surface area contributed by atoms with Gasteiger partial charge in [0.05, 0.1) is 18.5 Å². The maximum Gasteiger partial charge on any atom is 0.256 e. The van der Waals surface area contributed by atoms with E-state index in [1.807, 2.05) is 43.3 Å². The molecule has 3 rings (SSSR count). The Bertz CT molecular complexity index is 1040. The Morgan fingerprint density at radius 3 is 2.74 bits per heavy atom. The zero-order chi connectivity index (χ0) is 19.4. The normalized spacial score (nSPS) is 10.8. The van der Waals surface area contributed by atoms with Crippen LogP contribution in [0.25, 0.3) is 10.8 Å². The van der Waals surface area contributed by atoms with Crippen LogP contribution in [0, 0.1) is 13.8 Å². The number of aromatic nitrogens is 2. The molecule has 0 fully saturated rings. The number of ether oxygens (including phenoxy) is 1. The van der Waals surface area contributed by atoms with Gasteiger partial charge >= 0.3 is 0 Å². The summed E-state index contributed by atoms with van der Waals surface area (Å²) in [5.74, 6) is 0.332. The molecule has 0 aliphatic rings. The molecule has 6 nitrogen and oxygen atoms in total. The van der Waals surface area contributed by atoms with Crippen LogP contribution in [0.15, 0.2) is 47.5 Å². The van der Waals surface area contributed by atoms with E-state index in [4.69, 9.17) is 4.74 Å². The minimum absolute atomic E-state index is 0.0862. The number of benzene rings is 2. The lowest BCUT2D eigenvalue weighted by Crippen LogP contribution is -2.32. The van der Waals surface area contributed by atoms with Gasteiger partial charge in [0, 0.05) is 24.3 Å². The Hall–Kier alpha value is -3.15. The molecule has 27 heavy (non-hydrogen) atoms. The van der Waals surface area contributed by atoms with E-state index in [0.29, 0.717) is 36.6 Å². The SMILES string of the molecule is CCOc1ccc2ccccc2c1C(=O)NCCn1cnc(C)c(C)c1=O. The van der Waals surface area contributed by atoms with Gasteiger partial charge in [0.1, 0.15) is 5.75 Å². The molecule has 1 amide bonds. The molecular weight excluding hydrogens is 342 g/mol. The fraction of sp³-hybridized carbons (Fsp3) is 0.286. The maximum atomic E-state index is 12.9. The van der Waals surface area contributed by atoms with Crippen LogP contribution < -0.4 is 15.6 Å². The molecular formula is C21H23N3O3. The van der Waals surface area contributed by atoms with Crippen molar-refractivity contribution in [1.82, 2.24) is 14.9 Å². The highest BCUT2D eigenvalue weighted by molar-refractivity contribution is 6.09. The Balaban J connectivity index is 1.81. The number of hydrogen-bond donors (Lipinski definition) is 1. The summed E-state index contributed by atoms with van der Waals surface area (Å²) < 4.78 is 7.16. The fourth-order valence-corrected chi connectivity index (χ4v) is 2.97. The van der Waals surface area contributed by atoms with Crippen molar-refractivity contribution in [1.29, 1.82) is 0 Å². The van der Waals surface area contributed by atoms with E-state index < -0.39 is 0 Å². The standard InChI is InChI=1S/C21H23N3O3/c1-4-27-18-10-9-16-7-5-6-8-17(16)19(18)20(25)22-11-12-24-13-23-15(3)14(2)21(24)26/h5-10,13H,4,11-12H2,1-3H3,(H,22,25). The average Bonchev–Trinajstić information content (AvgIpc) is 2.68. The molecule has 2 aromatic carbocycles. The van der Waals surface area contributed by atoms with Crippen molar-refractivity contribution in [2.24, 2.45) is 0 Å². The van der Waals surface area contributed by atoms with Crippen LogP contribution in [0.4, 0.5) is 0 Å². The zero-order valence-electron chi connectivity index (χ0n) is 15.8. The molecule has 0 aliphatic heterocycles. The van der Waals surface area contributed by atoms with Crippen LogP contribution >= 0.6 is 0 Å². The molecule has 140 valence electrons. The van der Waals surface area contributed by atoms with Crippen molar-refractivity contribution in [3.63, 3.8) is 0 Å². The molecule has 6 heteroatoms. The van der Waals surface area contributed by atoms with E-state index in [-0.39, 0.29) is 11.5 Å². The van der Waals surface area contributed by atoms with Gasteiger partial charge in [-0.2, -0.15) is 0 Å². The second-order valence-electron chi connectivity index (χ2n) is 6.30. The Kier molecular flexibility index (Phi) is 5.54.